The summed E-state index contributed by atoms with van der Waals surface area (Å²) in [4.78, 5) is 44.4. The molecule has 264 valence electrons. The van der Waals surface area contributed by atoms with Crippen molar-refractivity contribution in [3.63, 3.8) is 0 Å². The van der Waals surface area contributed by atoms with Gasteiger partial charge in [-0.15, -0.1) is 0 Å². The number of carboxylic acid groups (broad SMARTS) is 1. The van der Waals surface area contributed by atoms with Crippen LogP contribution in [0.5, 0.6) is 5.75 Å². The molecule has 2 bridgehead atoms. The molecule has 10 heteroatoms. The van der Waals surface area contributed by atoms with Crippen LogP contribution in [0.2, 0.25) is 5.02 Å². The molecule has 1 fully saturated rings. The molecule has 4 aliphatic rings. The van der Waals surface area contributed by atoms with Crippen molar-refractivity contribution in [1.82, 2.24) is 4.90 Å². The van der Waals surface area contributed by atoms with Gasteiger partial charge in [0.25, 0.3) is 0 Å². The van der Waals surface area contributed by atoms with Crippen LogP contribution in [-0.2, 0) is 36.4 Å². The number of fused-ring (bicyclic) bond motifs is 4. The van der Waals surface area contributed by atoms with Crippen LogP contribution in [0.15, 0.2) is 48.6 Å². The number of ether oxygens (including phenoxy) is 2. The van der Waals surface area contributed by atoms with E-state index in [1.807, 2.05) is 24.3 Å². The number of carboxylic acids is 1. The Morgan fingerprint density at radius 1 is 1.14 bits per heavy atom. The lowest BCUT2D eigenvalue weighted by Crippen LogP contribution is -2.49. The van der Waals surface area contributed by atoms with E-state index in [-0.39, 0.29) is 17.3 Å². The number of carbonyl (C=O) groups excluding carboxylic acids is 2. The summed E-state index contributed by atoms with van der Waals surface area (Å²) in [5.41, 5.74) is 0.464. The van der Waals surface area contributed by atoms with Crippen LogP contribution >= 0.6 is 11.6 Å². The Bertz CT molecular complexity index is 1640. The SMILES string of the molecule is CN1CC/C=C\[C@H](O)[C@@H]2CC[C@H]2CN2C[C@@]3(CCCc4cc(Cl)ccc43)COc3ccc(cc32)C(CC(=O)OC(C)(C)C)(C(=O)O)CC1=O. The summed E-state index contributed by atoms with van der Waals surface area (Å²) in [6.07, 6.45) is 7.44. The lowest BCUT2D eigenvalue weighted by molar-refractivity contribution is -0.162. The number of anilines is 1. The first-order valence-electron chi connectivity index (χ1n) is 17.5. The fourth-order valence-corrected chi connectivity index (χ4v) is 8.49. The molecule has 2 aromatic rings. The van der Waals surface area contributed by atoms with Gasteiger partial charge in [-0.1, -0.05) is 35.9 Å². The number of amides is 1. The highest BCUT2D eigenvalue weighted by molar-refractivity contribution is 6.30. The predicted octanol–water partition coefficient (Wildman–Crippen LogP) is 6.06. The van der Waals surface area contributed by atoms with Crippen molar-refractivity contribution in [1.29, 1.82) is 0 Å². The molecule has 2 heterocycles. The molecule has 9 nitrogen and oxygen atoms in total. The van der Waals surface area contributed by atoms with Gasteiger partial charge in [0, 0.05) is 43.5 Å². The van der Waals surface area contributed by atoms with Crippen LogP contribution < -0.4 is 9.64 Å². The minimum atomic E-state index is -1.88. The summed E-state index contributed by atoms with van der Waals surface area (Å²) in [5.74, 6) is -1.43. The topological polar surface area (TPSA) is 117 Å². The van der Waals surface area contributed by atoms with Gasteiger partial charge >= 0.3 is 11.9 Å². The van der Waals surface area contributed by atoms with E-state index in [1.165, 1.54) is 16.0 Å². The Labute approximate surface area is 294 Å². The minimum Gasteiger partial charge on any atom is -0.490 e. The molecular weight excluding hydrogens is 644 g/mol. The lowest BCUT2D eigenvalue weighted by Gasteiger charge is -2.45. The summed E-state index contributed by atoms with van der Waals surface area (Å²) in [7, 11) is 1.64. The summed E-state index contributed by atoms with van der Waals surface area (Å²) < 4.78 is 12.3. The zero-order valence-corrected chi connectivity index (χ0v) is 29.8. The molecule has 49 heavy (non-hydrogen) atoms. The van der Waals surface area contributed by atoms with Gasteiger partial charge in [-0.25, -0.2) is 0 Å². The Morgan fingerprint density at radius 2 is 1.94 bits per heavy atom. The number of benzene rings is 2. The molecule has 1 unspecified atom stereocenters. The molecule has 1 spiro atoms. The normalized spacial score (nSPS) is 29.5. The van der Waals surface area contributed by atoms with E-state index >= 15 is 0 Å². The second-order valence-electron chi connectivity index (χ2n) is 15.6. The Morgan fingerprint density at radius 3 is 2.65 bits per heavy atom. The first kappa shape index (κ1) is 35.3. The molecule has 2 N–H and O–H groups in total. The third-order valence-electron chi connectivity index (χ3n) is 11.1. The molecule has 6 rings (SSSR count). The number of esters is 1. The van der Waals surface area contributed by atoms with Crippen LogP contribution in [0, 0.1) is 11.8 Å². The monoisotopic (exact) mass is 692 g/mol. The molecule has 2 aromatic carbocycles. The summed E-state index contributed by atoms with van der Waals surface area (Å²) in [6.45, 7) is 7.26. The largest absolute Gasteiger partial charge is 0.490 e. The highest BCUT2D eigenvalue weighted by Gasteiger charge is 2.48. The maximum Gasteiger partial charge on any atom is 0.315 e. The molecule has 0 aromatic heterocycles. The number of hydrogen-bond acceptors (Lipinski definition) is 7. The maximum atomic E-state index is 13.7. The van der Waals surface area contributed by atoms with E-state index in [0.717, 1.165) is 37.8 Å². The number of aliphatic carboxylic acids is 1. The van der Waals surface area contributed by atoms with Crippen molar-refractivity contribution in [2.75, 3.05) is 38.2 Å². The molecule has 0 radical (unpaired) electrons. The van der Waals surface area contributed by atoms with Crippen LogP contribution in [0.3, 0.4) is 0 Å². The molecule has 1 amide bonds. The van der Waals surface area contributed by atoms with Gasteiger partial charge in [0.05, 0.1) is 24.8 Å². The van der Waals surface area contributed by atoms with Gasteiger partial charge in [-0.05, 0) is 112 Å². The number of halogens is 1. The third kappa shape index (κ3) is 7.20. The number of aliphatic hydroxyl groups excluding tert-OH is 1. The van der Waals surface area contributed by atoms with Gasteiger partial charge in [0.2, 0.25) is 5.91 Å². The first-order valence-corrected chi connectivity index (χ1v) is 17.9. The Balaban J connectivity index is 1.49. The number of rotatable bonds is 3. The van der Waals surface area contributed by atoms with Crippen LogP contribution in [0.4, 0.5) is 5.69 Å². The number of aryl methyl sites for hydroxylation is 1. The first-order chi connectivity index (χ1) is 23.2. The number of hydrogen-bond donors (Lipinski definition) is 2. The number of carbonyl (C=O) groups is 3. The molecule has 5 atom stereocenters. The highest BCUT2D eigenvalue weighted by Crippen LogP contribution is 2.48. The van der Waals surface area contributed by atoms with Gasteiger partial charge in [0.1, 0.15) is 16.8 Å². The van der Waals surface area contributed by atoms with E-state index in [1.54, 1.807) is 40.0 Å². The smallest absolute Gasteiger partial charge is 0.315 e. The van der Waals surface area contributed by atoms with Crippen molar-refractivity contribution in [3.8, 4) is 5.75 Å². The fourth-order valence-electron chi connectivity index (χ4n) is 8.30. The molecule has 1 saturated carbocycles. The third-order valence-corrected chi connectivity index (χ3v) is 11.3. The van der Waals surface area contributed by atoms with Crippen molar-refractivity contribution in [2.45, 2.75) is 94.7 Å². The van der Waals surface area contributed by atoms with Crippen molar-refractivity contribution >= 4 is 35.1 Å². The second kappa shape index (κ2) is 13.6. The summed E-state index contributed by atoms with van der Waals surface area (Å²) in [6, 6.07) is 11.4. The van der Waals surface area contributed by atoms with Crippen LogP contribution in [-0.4, -0.2) is 78.0 Å². The van der Waals surface area contributed by atoms with E-state index in [9.17, 15) is 24.6 Å². The number of aliphatic hydroxyl groups is 1. The van der Waals surface area contributed by atoms with Gasteiger partial charge < -0.3 is 29.5 Å². The Hall–Kier alpha value is -3.56. The van der Waals surface area contributed by atoms with E-state index in [0.29, 0.717) is 49.0 Å². The van der Waals surface area contributed by atoms with Crippen LogP contribution in [0.25, 0.3) is 0 Å². The van der Waals surface area contributed by atoms with Crippen molar-refractivity contribution < 1.29 is 34.1 Å². The van der Waals surface area contributed by atoms with E-state index in [2.05, 4.69) is 17.0 Å². The molecule has 2 aliphatic heterocycles. The maximum absolute atomic E-state index is 13.7. The zero-order valence-electron chi connectivity index (χ0n) is 29.0. The summed E-state index contributed by atoms with van der Waals surface area (Å²) in [5, 5.41) is 22.9. The van der Waals surface area contributed by atoms with Gasteiger partial charge in [0.15, 0.2) is 0 Å². The minimum absolute atomic E-state index is 0.0815. The number of nitrogens with zero attached hydrogens (tertiary/aromatic N) is 2. The van der Waals surface area contributed by atoms with Crippen molar-refractivity contribution in [3.05, 3.63) is 70.3 Å². The highest BCUT2D eigenvalue weighted by atomic mass is 35.5. The average molecular weight is 693 g/mol. The Kier molecular flexibility index (Phi) is 9.81. The van der Waals surface area contributed by atoms with Gasteiger partial charge in [-0.2, -0.15) is 0 Å². The fraction of sp³-hybridized carbons (Fsp3) is 0.564. The molecule has 2 aliphatic carbocycles. The second-order valence-corrected chi connectivity index (χ2v) is 16.1. The quantitative estimate of drug-likeness (QED) is 0.295. The average Bonchev–Trinajstić information content (AvgIpc) is 3.16. The van der Waals surface area contributed by atoms with E-state index < -0.39 is 47.8 Å². The molecular formula is C39H49ClN2O7. The standard InChI is InChI=1S/C39H49ClN2O7/c1-37(2,3)49-35(45)21-39(36(46)47)20-34(44)41(4)17-6-5-9-32(43)29-13-10-26(29)22-42-23-38(24-48-33-15-11-27(39)19-31(33)42)16-7-8-25-18-28(40)12-14-30(25)38/h5,9,11-12,14-15,18-19,26,29,32,43H,6-8,10,13,16-17,20-24H2,1-4H3,(H,46,47)/b9-5-/t26-,29+,32-,38-,39?/m0/s1. The van der Waals surface area contributed by atoms with Crippen LogP contribution in [0.1, 0.15) is 82.4 Å². The van der Waals surface area contributed by atoms with Gasteiger partial charge in [-0.3, -0.25) is 14.4 Å². The molecule has 0 saturated heterocycles. The van der Waals surface area contributed by atoms with E-state index in [4.69, 9.17) is 21.1 Å². The zero-order chi connectivity index (χ0) is 35.1. The summed E-state index contributed by atoms with van der Waals surface area (Å²) >= 11 is 6.44. The van der Waals surface area contributed by atoms with Crippen molar-refractivity contribution in [2.24, 2.45) is 11.8 Å². The predicted molar refractivity (Wildman–Crippen MR) is 188 cm³/mol. The lowest BCUT2D eigenvalue weighted by atomic mass is 9.68.